The van der Waals surface area contributed by atoms with Gasteiger partial charge in [0.2, 0.25) is 5.91 Å². The first-order chi connectivity index (χ1) is 24.2. The zero-order chi connectivity index (χ0) is 35.2. The Morgan fingerprint density at radius 2 is 1.64 bits per heavy atom. The van der Waals surface area contributed by atoms with Gasteiger partial charge >= 0.3 is 12.1 Å². The number of ether oxygens (including phenoxy) is 3. The van der Waals surface area contributed by atoms with Crippen LogP contribution in [0.3, 0.4) is 0 Å². The van der Waals surface area contributed by atoms with E-state index in [-0.39, 0.29) is 31.1 Å². The minimum absolute atomic E-state index is 0.0193. The van der Waals surface area contributed by atoms with Crippen LogP contribution in [0, 0.1) is 5.92 Å². The van der Waals surface area contributed by atoms with Crippen molar-refractivity contribution in [3.63, 3.8) is 0 Å². The molecule has 2 fully saturated rings. The van der Waals surface area contributed by atoms with Crippen molar-refractivity contribution in [1.29, 1.82) is 0 Å². The molecule has 5 atom stereocenters. The van der Waals surface area contributed by atoms with Crippen LogP contribution in [0.5, 0.6) is 0 Å². The highest BCUT2D eigenvalue weighted by Crippen LogP contribution is 2.44. The molecule has 0 spiro atoms. The molecule has 0 aromatic heterocycles. The molecule has 3 amide bonds. The monoisotopic (exact) mass is 696 g/mol. The molecule has 0 saturated carbocycles. The maximum Gasteiger partial charge on any atom is 0.408 e. The molecule has 2 aliphatic rings. The number of thioether (sulfide) groups is 1. The summed E-state index contributed by atoms with van der Waals surface area (Å²) in [7, 11) is 0. The van der Waals surface area contributed by atoms with E-state index >= 15 is 0 Å². The van der Waals surface area contributed by atoms with Gasteiger partial charge in [0.15, 0.2) is 6.29 Å². The van der Waals surface area contributed by atoms with Crippen LogP contribution in [0.15, 0.2) is 108 Å². The van der Waals surface area contributed by atoms with Gasteiger partial charge in [-0.1, -0.05) is 85.8 Å². The molecule has 3 N–H and O–H groups in total. The number of nitrogens with zero attached hydrogens (tertiary/aromatic N) is 1. The van der Waals surface area contributed by atoms with Gasteiger partial charge in [-0.15, -0.1) is 11.8 Å². The number of alkyl carbamates (subject to hydrolysis) is 1. The number of carbonyl (C=O) groups excluding carboxylic acids is 3. The SMILES string of the molecule is C[C@H]1[C@@H](CSc2ccccc2C(=O)O)O[C@@H](c2cccc(N3C(=O)CC(NC(=O)OCc4ccccc4)C3=O)c2)O[C@H]1c1ccc(CO)cc1. The topological polar surface area (TPSA) is 152 Å². The molecule has 4 aromatic carbocycles. The Hall–Kier alpha value is -5.01. The Morgan fingerprint density at radius 3 is 2.38 bits per heavy atom. The van der Waals surface area contributed by atoms with Crippen LogP contribution in [0.2, 0.25) is 0 Å². The Labute approximate surface area is 293 Å². The van der Waals surface area contributed by atoms with E-state index < -0.39 is 48.4 Å². The summed E-state index contributed by atoms with van der Waals surface area (Å²) in [4.78, 5) is 52.5. The van der Waals surface area contributed by atoms with Crippen molar-refractivity contribution >= 4 is 41.3 Å². The molecule has 2 heterocycles. The summed E-state index contributed by atoms with van der Waals surface area (Å²) in [5.41, 5.74) is 3.48. The van der Waals surface area contributed by atoms with Crippen molar-refractivity contribution in [3.05, 3.63) is 131 Å². The molecule has 258 valence electrons. The van der Waals surface area contributed by atoms with Gasteiger partial charge in [-0.2, -0.15) is 0 Å². The van der Waals surface area contributed by atoms with Gasteiger partial charge in [0.1, 0.15) is 12.6 Å². The highest BCUT2D eigenvalue weighted by Gasteiger charge is 2.42. The zero-order valence-electron chi connectivity index (χ0n) is 27.1. The average molecular weight is 697 g/mol. The molecule has 50 heavy (non-hydrogen) atoms. The van der Waals surface area contributed by atoms with E-state index in [1.54, 1.807) is 60.7 Å². The third-order valence-electron chi connectivity index (χ3n) is 8.70. The number of carboxylic acid groups (broad SMARTS) is 1. The number of anilines is 1. The number of benzene rings is 4. The largest absolute Gasteiger partial charge is 0.478 e. The van der Waals surface area contributed by atoms with E-state index in [0.717, 1.165) is 21.6 Å². The Morgan fingerprint density at radius 1 is 0.900 bits per heavy atom. The summed E-state index contributed by atoms with van der Waals surface area (Å²) < 4.78 is 18.3. The highest BCUT2D eigenvalue weighted by atomic mass is 32.2. The van der Waals surface area contributed by atoms with E-state index in [2.05, 4.69) is 5.32 Å². The minimum Gasteiger partial charge on any atom is -0.478 e. The fourth-order valence-corrected chi connectivity index (χ4v) is 7.20. The van der Waals surface area contributed by atoms with Gasteiger partial charge < -0.3 is 29.7 Å². The van der Waals surface area contributed by atoms with Crippen molar-refractivity contribution in [2.75, 3.05) is 10.7 Å². The summed E-state index contributed by atoms with van der Waals surface area (Å²) >= 11 is 1.38. The number of carbonyl (C=O) groups is 4. The fraction of sp³-hybridized carbons (Fsp3) is 0.263. The molecule has 0 bridgehead atoms. The second-order valence-corrected chi connectivity index (χ2v) is 13.1. The standard InChI is InChI=1S/C38H36N2O9S/c1-23-31(22-50-32-13-6-5-12-29(32)36(44)45)48-37(49-34(23)26-16-14-24(20-41)15-17-26)27-10-7-11-28(18-27)40-33(42)19-30(35(40)43)39-38(46)47-21-25-8-3-2-4-9-25/h2-18,23,30-31,34,37,41H,19-22H2,1H3,(H,39,46)(H,44,45)/t23-,30?,31+,34+,37+/m0/s1. The van der Waals surface area contributed by atoms with Crippen LogP contribution in [-0.4, -0.2) is 52.0 Å². The van der Waals surface area contributed by atoms with Gasteiger partial charge in [0.05, 0.1) is 36.5 Å². The zero-order valence-corrected chi connectivity index (χ0v) is 28.0. The quantitative estimate of drug-likeness (QED) is 0.125. The van der Waals surface area contributed by atoms with Gasteiger partial charge in [0.25, 0.3) is 5.91 Å². The Balaban J connectivity index is 1.20. The summed E-state index contributed by atoms with van der Waals surface area (Å²) in [6.45, 7) is 1.93. The number of hydrogen-bond acceptors (Lipinski definition) is 9. The summed E-state index contributed by atoms with van der Waals surface area (Å²) in [5, 5.41) is 21.8. The Kier molecular flexibility index (Phi) is 10.9. The van der Waals surface area contributed by atoms with Crippen LogP contribution < -0.4 is 10.2 Å². The molecule has 6 rings (SSSR count). The summed E-state index contributed by atoms with van der Waals surface area (Å²) in [6.07, 6.45) is -2.75. The molecular formula is C38H36N2O9S. The number of aliphatic hydroxyl groups is 1. The molecule has 0 aliphatic carbocycles. The van der Waals surface area contributed by atoms with Gasteiger partial charge in [0, 0.05) is 22.1 Å². The molecular weight excluding hydrogens is 660 g/mol. The molecule has 2 aliphatic heterocycles. The number of hydrogen-bond donors (Lipinski definition) is 3. The molecule has 2 saturated heterocycles. The third kappa shape index (κ3) is 7.89. The van der Waals surface area contributed by atoms with Crippen molar-refractivity contribution in [3.8, 4) is 0 Å². The first kappa shape index (κ1) is 34.8. The van der Waals surface area contributed by atoms with E-state index in [0.29, 0.717) is 21.9 Å². The van der Waals surface area contributed by atoms with Gasteiger partial charge in [-0.3, -0.25) is 9.59 Å². The molecule has 0 radical (unpaired) electrons. The van der Waals surface area contributed by atoms with Crippen LogP contribution in [0.25, 0.3) is 0 Å². The predicted octanol–water partition coefficient (Wildman–Crippen LogP) is 6.02. The van der Waals surface area contributed by atoms with Crippen LogP contribution in [0.1, 0.15) is 58.4 Å². The lowest BCUT2D eigenvalue weighted by atomic mass is 9.91. The van der Waals surface area contributed by atoms with Crippen LogP contribution >= 0.6 is 11.8 Å². The lowest BCUT2D eigenvalue weighted by molar-refractivity contribution is -0.268. The summed E-state index contributed by atoms with van der Waals surface area (Å²) in [5.74, 6) is -1.82. The van der Waals surface area contributed by atoms with Crippen LogP contribution in [-0.2, 0) is 37.0 Å². The first-order valence-electron chi connectivity index (χ1n) is 16.1. The average Bonchev–Trinajstić information content (AvgIpc) is 3.42. The molecule has 1 unspecified atom stereocenters. The van der Waals surface area contributed by atoms with Crippen molar-refractivity contribution < 1.29 is 43.6 Å². The number of carboxylic acids is 1. The van der Waals surface area contributed by atoms with E-state index in [1.165, 1.54) is 11.8 Å². The molecule has 11 nitrogen and oxygen atoms in total. The smallest absolute Gasteiger partial charge is 0.408 e. The number of aromatic carboxylic acids is 1. The van der Waals surface area contributed by atoms with E-state index in [1.807, 2.05) is 49.4 Å². The van der Waals surface area contributed by atoms with Crippen molar-refractivity contribution in [2.45, 2.75) is 56.0 Å². The van der Waals surface area contributed by atoms with Gasteiger partial charge in [-0.25, -0.2) is 14.5 Å². The first-order valence-corrected chi connectivity index (χ1v) is 17.1. The van der Waals surface area contributed by atoms with Crippen molar-refractivity contribution in [2.24, 2.45) is 5.92 Å². The van der Waals surface area contributed by atoms with Crippen LogP contribution in [0.4, 0.5) is 10.5 Å². The maximum absolute atomic E-state index is 13.4. The molecule has 12 heteroatoms. The number of nitrogens with one attached hydrogen (secondary N) is 1. The number of rotatable bonds is 11. The maximum atomic E-state index is 13.4. The second kappa shape index (κ2) is 15.7. The van der Waals surface area contributed by atoms with Crippen molar-refractivity contribution in [1.82, 2.24) is 5.32 Å². The fourth-order valence-electron chi connectivity index (χ4n) is 5.98. The predicted molar refractivity (Wildman–Crippen MR) is 184 cm³/mol. The second-order valence-electron chi connectivity index (χ2n) is 12.1. The lowest BCUT2D eigenvalue weighted by Gasteiger charge is -2.41. The van der Waals surface area contributed by atoms with Gasteiger partial charge in [-0.05, 0) is 41.0 Å². The number of aliphatic hydroxyl groups excluding tert-OH is 1. The normalized spacial score (nSPS) is 22.0. The summed E-state index contributed by atoms with van der Waals surface area (Å²) in [6, 6.07) is 29.0. The molecule has 4 aromatic rings. The van der Waals surface area contributed by atoms with E-state index in [9.17, 15) is 29.4 Å². The lowest BCUT2D eigenvalue weighted by Crippen LogP contribution is -2.42. The minimum atomic E-state index is -1.08. The third-order valence-corrected chi connectivity index (χ3v) is 9.86. The number of imide groups is 1. The Bertz CT molecular complexity index is 1850. The van der Waals surface area contributed by atoms with E-state index in [4.69, 9.17) is 14.2 Å². The highest BCUT2D eigenvalue weighted by molar-refractivity contribution is 7.99. The number of amides is 3.